The van der Waals surface area contributed by atoms with E-state index in [1.807, 2.05) is 6.92 Å². The zero-order chi connectivity index (χ0) is 15.4. The normalized spacial score (nSPS) is 12.2. The maximum atomic E-state index is 11.7. The van der Waals surface area contributed by atoms with E-state index in [0.717, 1.165) is 6.42 Å². The van der Waals surface area contributed by atoms with Crippen molar-refractivity contribution in [2.75, 3.05) is 17.6 Å². The largest absolute Gasteiger partial charge is 0.495 e. The Morgan fingerprint density at radius 1 is 1.25 bits per heavy atom. The molecule has 1 rings (SSSR count). The van der Waals surface area contributed by atoms with Gasteiger partial charge in [-0.25, -0.2) is 16.8 Å². The van der Waals surface area contributed by atoms with Gasteiger partial charge in [0.2, 0.25) is 10.0 Å². The monoisotopic (exact) mass is 341 g/mol. The van der Waals surface area contributed by atoms with Crippen molar-refractivity contribution >= 4 is 35.4 Å². The van der Waals surface area contributed by atoms with E-state index in [4.69, 9.17) is 15.4 Å². The van der Waals surface area contributed by atoms with E-state index in [0.29, 0.717) is 6.42 Å². The van der Waals surface area contributed by atoms with Crippen molar-refractivity contribution in [1.29, 1.82) is 0 Å². The Morgan fingerprint density at radius 3 is 2.40 bits per heavy atom. The van der Waals surface area contributed by atoms with Gasteiger partial charge in [0.15, 0.2) is 0 Å². The lowest BCUT2D eigenvalue weighted by molar-refractivity contribution is 0.403. The molecule has 0 atom stereocenters. The van der Waals surface area contributed by atoms with Crippen LogP contribution in [0.2, 0.25) is 0 Å². The Morgan fingerprint density at radius 2 is 1.90 bits per heavy atom. The van der Waals surface area contributed by atoms with Crippen LogP contribution in [0.5, 0.6) is 5.75 Å². The number of anilines is 1. The van der Waals surface area contributed by atoms with E-state index in [2.05, 4.69) is 4.72 Å². The summed E-state index contributed by atoms with van der Waals surface area (Å²) in [4.78, 5) is -0.210. The maximum absolute atomic E-state index is 11.7. The third kappa shape index (κ3) is 4.84. The highest BCUT2D eigenvalue weighted by Gasteiger charge is 2.18. The van der Waals surface area contributed by atoms with Crippen LogP contribution in [0, 0.1) is 0 Å². The lowest BCUT2D eigenvalue weighted by atomic mass is 10.3. The van der Waals surface area contributed by atoms with Gasteiger partial charge in [-0.2, -0.15) is 0 Å². The molecule has 0 unspecified atom stereocenters. The molecule has 9 heteroatoms. The van der Waals surface area contributed by atoms with Gasteiger partial charge < -0.3 is 4.74 Å². The standard InChI is InChI=1S/C11H16ClNO5S2/c1-3-4-7-19(14,15)13-9-5-6-11(20(12,16)17)10(8-9)18-2/h5-6,8,13H,3-4,7H2,1-2H3. The minimum atomic E-state index is -3.95. The first-order valence-corrected chi connectivity index (χ1v) is 9.79. The van der Waals surface area contributed by atoms with Gasteiger partial charge in [0.05, 0.1) is 18.6 Å². The number of nitrogens with one attached hydrogen (secondary N) is 1. The highest BCUT2D eigenvalue weighted by atomic mass is 35.7. The first kappa shape index (κ1) is 17.1. The fraction of sp³-hybridized carbons (Fsp3) is 0.455. The fourth-order valence-corrected chi connectivity index (χ4v) is 3.75. The van der Waals surface area contributed by atoms with Crippen molar-refractivity contribution in [2.45, 2.75) is 24.7 Å². The quantitative estimate of drug-likeness (QED) is 0.767. The number of benzene rings is 1. The zero-order valence-electron chi connectivity index (χ0n) is 11.1. The highest BCUT2D eigenvalue weighted by Crippen LogP contribution is 2.30. The lowest BCUT2D eigenvalue weighted by Gasteiger charge is -2.11. The molecule has 0 radical (unpaired) electrons. The van der Waals surface area contributed by atoms with Gasteiger partial charge in [0.25, 0.3) is 9.05 Å². The number of hydrogen-bond acceptors (Lipinski definition) is 5. The molecule has 0 spiro atoms. The Kier molecular flexibility index (Phi) is 5.67. The topological polar surface area (TPSA) is 89.5 Å². The fourth-order valence-electron chi connectivity index (χ4n) is 1.50. The third-order valence-corrected chi connectivity index (χ3v) is 5.20. The number of sulfonamides is 1. The van der Waals surface area contributed by atoms with Crippen molar-refractivity contribution in [3.8, 4) is 5.75 Å². The summed E-state index contributed by atoms with van der Waals surface area (Å²) in [5.74, 6) is -0.0165. The molecule has 0 saturated heterocycles. The molecule has 0 amide bonds. The van der Waals surface area contributed by atoms with Crippen molar-refractivity contribution < 1.29 is 21.6 Å². The molecular formula is C11H16ClNO5S2. The molecule has 20 heavy (non-hydrogen) atoms. The SMILES string of the molecule is CCCCS(=O)(=O)Nc1ccc(S(=O)(=O)Cl)c(OC)c1. The smallest absolute Gasteiger partial charge is 0.264 e. The van der Waals surface area contributed by atoms with Gasteiger partial charge in [-0.15, -0.1) is 0 Å². The summed E-state index contributed by atoms with van der Waals surface area (Å²) < 4.78 is 53.4. The average Bonchev–Trinajstić information content (AvgIpc) is 2.34. The predicted octanol–water partition coefficient (Wildman–Crippen LogP) is 2.16. The molecule has 0 heterocycles. The summed E-state index contributed by atoms with van der Waals surface area (Å²) in [5.41, 5.74) is 0.224. The summed E-state index contributed by atoms with van der Waals surface area (Å²) in [7, 11) is -0.884. The minimum Gasteiger partial charge on any atom is -0.495 e. The molecule has 0 saturated carbocycles. The Bertz CT molecular complexity index is 670. The molecule has 1 aromatic rings. The molecule has 6 nitrogen and oxygen atoms in total. The molecule has 114 valence electrons. The highest BCUT2D eigenvalue weighted by molar-refractivity contribution is 8.13. The molecule has 0 aliphatic rings. The minimum absolute atomic E-state index is 0.00136. The molecule has 0 fully saturated rings. The van der Waals surface area contributed by atoms with Gasteiger partial charge in [-0.3, -0.25) is 4.72 Å². The Hall–Kier alpha value is -0.990. The van der Waals surface area contributed by atoms with E-state index in [-0.39, 0.29) is 22.1 Å². The van der Waals surface area contributed by atoms with Crippen LogP contribution in [0.4, 0.5) is 5.69 Å². The van der Waals surface area contributed by atoms with Crippen LogP contribution in [0.25, 0.3) is 0 Å². The lowest BCUT2D eigenvalue weighted by Crippen LogP contribution is -2.16. The molecule has 0 bridgehead atoms. The van der Waals surface area contributed by atoms with Crippen molar-refractivity contribution in [1.82, 2.24) is 0 Å². The van der Waals surface area contributed by atoms with Crippen LogP contribution >= 0.6 is 10.7 Å². The molecular weight excluding hydrogens is 326 g/mol. The molecule has 1 N–H and O–H groups in total. The second-order valence-electron chi connectivity index (χ2n) is 4.08. The van der Waals surface area contributed by atoms with Gasteiger partial charge in [-0.05, 0) is 18.6 Å². The van der Waals surface area contributed by atoms with E-state index in [1.165, 1.54) is 25.3 Å². The summed E-state index contributed by atoms with van der Waals surface area (Å²) in [5, 5.41) is 0. The van der Waals surface area contributed by atoms with Gasteiger partial charge in [0.1, 0.15) is 10.6 Å². The second-order valence-corrected chi connectivity index (χ2v) is 8.45. The molecule has 0 aromatic heterocycles. The van der Waals surface area contributed by atoms with Crippen LogP contribution in [0.1, 0.15) is 19.8 Å². The van der Waals surface area contributed by atoms with E-state index >= 15 is 0 Å². The van der Waals surface area contributed by atoms with Crippen LogP contribution in [0.15, 0.2) is 23.1 Å². The van der Waals surface area contributed by atoms with E-state index in [9.17, 15) is 16.8 Å². The van der Waals surface area contributed by atoms with Crippen LogP contribution in [-0.4, -0.2) is 29.7 Å². The Labute approximate surface area is 123 Å². The average molecular weight is 342 g/mol. The summed E-state index contributed by atoms with van der Waals surface area (Å²) in [6, 6.07) is 3.79. The van der Waals surface area contributed by atoms with Crippen molar-refractivity contribution in [3.05, 3.63) is 18.2 Å². The number of methoxy groups -OCH3 is 1. The van der Waals surface area contributed by atoms with E-state index < -0.39 is 19.1 Å². The molecule has 0 aliphatic heterocycles. The summed E-state index contributed by atoms with van der Waals surface area (Å²) >= 11 is 0. The maximum Gasteiger partial charge on any atom is 0.264 e. The number of hydrogen-bond donors (Lipinski definition) is 1. The van der Waals surface area contributed by atoms with Gasteiger partial charge in [-0.1, -0.05) is 13.3 Å². The third-order valence-electron chi connectivity index (χ3n) is 2.47. The predicted molar refractivity (Wildman–Crippen MR) is 78.4 cm³/mol. The second kappa shape index (κ2) is 6.64. The number of rotatable bonds is 7. The summed E-state index contributed by atoms with van der Waals surface area (Å²) in [6.07, 6.45) is 1.30. The van der Waals surface area contributed by atoms with Crippen LogP contribution in [-0.2, 0) is 19.1 Å². The number of halogens is 1. The van der Waals surface area contributed by atoms with Crippen molar-refractivity contribution in [2.24, 2.45) is 0 Å². The molecule has 0 aliphatic carbocycles. The van der Waals surface area contributed by atoms with Gasteiger partial charge in [0, 0.05) is 16.7 Å². The molecule has 1 aromatic carbocycles. The van der Waals surface area contributed by atoms with Crippen LogP contribution < -0.4 is 9.46 Å². The van der Waals surface area contributed by atoms with Crippen molar-refractivity contribution in [3.63, 3.8) is 0 Å². The summed E-state index contributed by atoms with van der Waals surface area (Å²) in [6.45, 7) is 1.89. The first-order valence-electron chi connectivity index (χ1n) is 5.83. The Balaban J connectivity index is 3.06. The first-order chi connectivity index (χ1) is 9.19. The van der Waals surface area contributed by atoms with E-state index in [1.54, 1.807) is 0 Å². The number of unbranched alkanes of at least 4 members (excludes halogenated alkanes) is 1. The van der Waals surface area contributed by atoms with Crippen LogP contribution in [0.3, 0.4) is 0 Å². The zero-order valence-corrected chi connectivity index (χ0v) is 13.5. The number of ether oxygens (including phenoxy) is 1. The van der Waals surface area contributed by atoms with Gasteiger partial charge >= 0.3 is 0 Å².